The maximum absolute atomic E-state index is 12.7. The van der Waals surface area contributed by atoms with Gasteiger partial charge in [-0.15, -0.1) is 0 Å². The molecule has 0 radical (unpaired) electrons. The molecule has 2 aromatic carbocycles. The van der Waals surface area contributed by atoms with Crippen LogP contribution in [0.1, 0.15) is 27.0 Å². The van der Waals surface area contributed by atoms with Crippen LogP contribution in [0.4, 0.5) is 11.4 Å². The first-order valence-corrected chi connectivity index (χ1v) is 6.86. The zero-order valence-corrected chi connectivity index (χ0v) is 12.1. The molecule has 21 heavy (non-hydrogen) atoms. The van der Waals surface area contributed by atoms with Crippen LogP contribution in [0.25, 0.3) is 0 Å². The van der Waals surface area contributed by atoms with E-state index in [0.29, 0.717) is 27.5 Å². The molecule has 0 spiro atoms. The van der Waals surface area contributed by atoms with Gasteiger partial charge in [-0.3, -0.25) is 9.59 Å². The molecule has 4 nitrogen and oxygen atoms in total. The summed E-state index contributed by atoms with van der Waals surface area (Å²) in [5, 5.41) is 3.04. The summed E-state index contributed by atoms with van der Waals surface area (Å²) in [5.41, 5.74) is 9.54. The van der Waals surface area contributed by atoms with Crippen LogP contribution in [0, 0.1) is 6.92 Å². The number of benzene rings is 2. The molecule has 0 saturated heterocycles. The van der Waals surface area contributed by atoms with Gasteiger partial charge in [-0.05, 0) is 48.4 Å². The number of hydrogen-bond donors (Lipinski definition) is 2. The van der Waals surface area contributed by atoms with Gasteiger partial charge in [0.15, 0.2) is 5.78 Å². The third-order valence-electron chi connectivity index (χ3n) is 3.56. The molecule has 0 aliphatic carbocycles. The van der Waals surface area contributed by atoms with Gasteiger partial charge in [-0.25, -0.2) is 0 Å². The van der Waals surface area contributed by atoms with Crippen LogP contribution in [-0.2, 0) is 11.2 Å². The first-order valence-electron chi connectivity index (χ1n) is 6.49. The van der Waals surface area contributed by atoms with Crippen molar-refractivity contribution in [3.8, 4) is 0 Å². The van der Waals surface area contributed by atoms with E-state index in [0.717, 1.165) is 11.1 Å². The number of amides is 1. The molecule has 0 unspecified atom stereocenters. The zero-order chi connectivity index (χ0) is 15.1. The van der Waals surface area contributed by atoms with Gasteiger partial charge < -0.3 is 11.1 Å². The van der Waals surface area contributed by atoms with Gasteiger partial charge in [0, 0.05) is 22.5 Å². The predicted octanol–water partition coefficient (Wildman–Crippen LogP) is 2.96. The highest BCUT2D eigenvalue weighted by Gasteiger charge is 2.23. The van der Waals surface area contributed by atoms with Gasteiger partial charge in [-0.2, -0.15) is 0 Å². The minimum absolute atomic E-state index is 0.0886. The average Bonchev–Trinajstić information content (AvgIpc) is 2.76. The lowest BCUT2D eigenvalue weighted by molar-refractivity contribution is -0.115. The first kappa shape index (κ1) is 13.6. The number of rotatable bonds is 2. The van der Waals surface area contributed by atoms with Crippen molar-refractivity contribution >= 4 is 34.7 Å². The Hall–Kier alpha value is -2.33. The third kappa shape index (κ3) is 2.38. The lowest BCUT2D eigenvalue weighted by atomic mass is 9.96. The zero-order valence-electron chi connectivity index (χ0n) is 11.4. The second-order valence-corrected chi connectivity index (χ2v) is 5.52. The monoisotopic (exact) mass is 300 g/mol. The Bertz CT molecular complexity index is 784. The van der Waals surface area contributed by atoms with Crippen molar-refractivity contribution in [1.82, 2.24) is 0 Å². The molecular weight excluding hydrogens is 288 g/mol. The summed E-state index contributed by atoms with van der Waals surface area (Å²) in [6, 6.07) is 8.45. The fourth-order valence-corrected chi connectivity index (χ4v) is 2.76. The number of nitrogen functional groups attached to an aromatic ring is 1. The number of carbonyl (C=O) groups excluding carboxylic acids is 2. The van der Waals surface area contributed by atoms with Crippen LogP contribution in [0.3, 0.4) is 0 Å². The van der Waals surface area contributed by atoms with Gasteiger partial charge in [0.1, 0.15) is 0 Å². The largest absolute Gasteiger partial charge is 0.399 e. The average molecular weight is 301 g/mol. The summed E-state index contributed by atoms with van der Waals surface area (Å²) in [6.45, 7) is 1.83. The molecular formula is C16H13ClN2O2. The normalized spacial score (nSPS) is 13.0. The molecule has 3 N–H and O–H groups in total. The van der Waals surface area contributed by atoms with Crippen LogP contribution in [0.5, 0.6) is 0 Å². The van der Waals surface area contributed by atoms with Gasteiger partial charge in [-0.1, -0.05) is 11.6 Å². The summed E-state index contributed by atoms with van der Waals surface area (Å²) in [4.78, 5) is 24.1. The third-order valence-corrected chi connectivity index (χ3v) is 3.87. The standard InChI is InChI=1S/C16H13ClN2O2/c1-8-4-10(18)2-3-11(8)16(21)12-5-9-6-15(20)19-14(9)7-13(12)17/h2-5,7H,6,18H2,1H3,(H,19,20). The second kappa shape index (κ2) is 4.90. The highest BCUT2D eigenvalue weighted by atomic mass is 35.5. The quantitative estimate of drug-likeness (QED) is 0.661. The number of nitrogens with two attached hydrogens (primary N) is 1. The fourth-order valence-electron chi connectivity index (χ4n) is 2.51. The second-order valence-electron chi connectivity index (χ2n) is 5.12. The fraction of sp³-hybridized carbons (Fsp3) is 0.125. The summed E-state index contributed by atoms with van der Waals surface area (Å²) in [7, 11) is 0. The minimum atomic E-state index is -0.167. The van der Waals surface area contributed by atoms with E-state index in [2.05, 4.69) is 5.32 Å². The van der Waals surface area contributed by atoms with Gasteiger partial charge in [0.2, 0.25) is 5.91 Å². The SMILES string of the molecule is Cc1cc(N)ccc1C(=O)c1cc2c(cc1Cl)NC(=O)C2. The first-order chi connectivity index (χ1) is 9.95. The summed E-state index contributed by atoms with van der Waals surface area (Å²) in [6.07, 6.45) is 0.271. The van der Waals surface area contributed by atoms with E-state index in [1.807, 2.05) is 6.92 Å². The Morgan fingerprint density at radius 3 is 2.71 bits per heavy atom. The van der Waals surface area contributed by atoms with Crippen LogP contribution in [-0.4, -0.2) is 11.7 Å². The number of anilines is 2. The Labute approximate surface area is 126 Å². The molecule has 0 aromatic heterocycles. The topological polar surface area (TPSA) is 72.2 Å². The molecule has 0 bridgehead atoms. The van der Waals surface area contributed by atoms with E-state index in [1.165, 1.54) is 0 Å². The number of fused-ring (bicyclic) bond motifs is 1. The highest BCUT2D eigenvalue weighted by molar-refractivity contribution is 6.35. The number of hydrogen-bond acceptors (Lipinski definition) is 3. The van der Waals surface area contributed by atoms with E-state index in [4.69, 9.17) is 17.3 Å². The lowest BCUT2D eigenvalue weighted by Crippen LogP contribution is -2.06. The van der Waals surface area contributed by atoms with Crippen molar-refractivity contribution in [3.05, 3.63) is 57.6 Å². The molecule has 106 valence electrons. The van der Waals surface area contributed by atoms with Crippen molar-refractivity contribution in [2.45, 2.75) is 13.3 Å². The molecule has 0 fully saturated rings. The summed E-state index contributed by atoms with van der Waals surface area (Å²) >= 11 is 6.19. The Kier molecular flexibility index (Phi) is 3.18. The molecule has 2 aromatic rings. The molecule has 1 amide bonds. The van der Waals surface area contributed by atoms with E-state index in [9.17, 15) is 9.59 Å². The van der Waals surface area contributed by atoms with Crippen LogP contribution < -0.4 is 11.1 Å². The van der Waals surface area contributed by atoms with Crippen molar-refractivity contribution in [2.75, 3.05) is 11.1 Å². The molecule has 1 aliphatic heterocycles. The summed E-state index contributed by atoms with van der Waals surface area (Å²) in [5.74, 6) is -0.256. The Morgan fingerprint density at radius 2 is 2.00 bits per heavy atom. The van der Waals surface area contributed by atoms with E-state index in [-0.39, 0.29) is 18.1 Å². The van der Waals surface area contributed by atoms with Gasteiger partial charge in [0.25, 0.3) is 0 Å². The molecule has 3 rings (SSSR count). The summed E-state index contributed by atoms with van der Waals surface area (Å²) < 4.78 is 0. The van der Waals surface area contributed by atoms with Crippen molar-refractivity contribution in [1.29, 1.82) is 0 Å². The molecule has 1 heterocycles. The van der Waals surface area contributed by atoms with Gasteiger partial charge in [0.05, 0.1) is 11.4 Å². The van der Waals surface area contributed by atoms with E-state index < -0.39 is 0 Å². The van der Waals surface area contributed by atoms with E-state index in [1.54, 1.807) is 30.3 Å². The van der Waals surface area contributed by atoms with Crippen molar-refractivity contribution < 1.29 is 9.59 Å². The van der Waals surface area contributed by atoms with Crippen LogP contribution in [0.15, 0.2) is 30.3 Å². The Morgan fingerprint density at radius 1 is 1.24 bits per heavy atom. The number of ketones is 1. The maximum Gasteiger partial charge on any atom is 0.228 e. The van der Waals surface area contributed by atoms with Crippen molar-refractivity contribution in [3.63, 3.8) is 0 Å². The molecule has 0 atom stereocenters. The van der Waals surface area contributed by atoms with Crippen LogP contribution in [0.2, 0.25) is 5.02 Å². The minimum Gasteiger partial charge on any atom is -0.399 e. The van der Waals surface area contributed by atoms with Crippen molar-refractivity contribution in [2.24, 2.45) is 0 Å². The number of halogens is 1. The number of nitrogens with one attached hydrogen (secondary N) is 1. The number of aryl methyl sites for hydroxylation is 1. The van der Waals surface area contributed by atoms with E-state index >= 15 is 0 Å². The molecule has 0 saturated carbocycles. The highest BCUT2D eigenvalue weighted by Crippen LogP contribution is 2.31. The smallest absolute Gasteiger partial charge is 0.228 e. The number of carbonyl (C=O) groups is 2. The molecule has 5 heteroatoms. The predicted molar refractivity (Wildman–Crippen MR) is 82.8 cm³/mol. The van der Waals surface area contributed by atoms with Crippen LogP contribution >= 0.6 is 11.6 Å². The van der Waals surface area contributed by atoms with Gasteiger partial charge >= 0.3 is 0 Å². The lowest BCUT2D eigenvalue weighted by Gasteiger charge is -2.09. The maximum atomic E-state index is 12.7. The molecule has 1 aliphatic rings. The Balaban J connectivity index is 2.06.